The van der Waals surface area contributed by atoms with Crippen molar-refractivity contribution in [2.45, 2.75) is 84.5 Å². The van der Waals surface area contributed by atoms with Crippen LogP contribution in [0.2, 0.25) is 10.0 Å². The van der Waals surface area contributed by atoms with Gasteiger partial charge in [-0.1, -0.05) is 58.3 Å². The van der Waals surface area contributed by atoms with Gasteiger partial charge in [-0.3, -0.25) is 9.69 Å². The molecule has 2 amide bonds. The number of nitrogens with zero attached hydrogens (tertiary/aromatic N) is 6. The highest BCUT2D eigenvalue weighted by molar-refractivity contribution is 6.34. The van der Waals surface area contributed by atoms with E-state index in [4.69, 9.17) is 27.9 Å². The zero-order valence-electron chi connectivity index (χ0n) is 27.4. The van der Waals surface area contributed by atoms with Crippen molar-refractivity contribution in [3.05, 3.63) is 81.1 Å². The lowest BCUT2D eigenvalue weighted by Gasteiger charge is -2.44. The van der Waals surface area contributed by atoms with Crippen molar-refractivity contribution >= 4 is 41.3 Å². The van der Waals surface area contributed by atoms with E-state index in [2.05, 4.69) is 41.2 Å². The van der Waals surface area contributed by atoms with Crippen LogP contribution in [0.25, 0.3) is 11.8 Å². The van der Waals surface area contributed by atoms with Gasteiger partial charge in [0.05, 0.1) is 17.6 Å². The second-order valence-corrected chi connectivity index (χ2v) is 14.2. The minimum absolute atomic E-state index is 0.135. The number of rotatable bonds is 7. The molecule has 0 radical (unpaired) electrons. The van der Waals surface area contributed by atoms with Crippen LogP contribution >= 0.6 is 23.2 Å². The third-order valence-corrected chi connectivity index (χ3v) is 9.14. The first kappa shape index (κ1) is 33.9. The molecule has 2 saturated heterocycles. The van der Waals surface area contributed by atoms with E-state index < -0.39 is 5.60 Å². The molecule has 46 heavy (non-hydrogen) atoms. The summed E-state index contributed by atoms with van der Waals surface area (Å²) in [5, 5.41) is 10.3. The van der Waals surface area contributed by atoms with Crippen LogP contribution in [-0.4, -0.2) is 85.6 Å². The van der Waals surface area contributed by atoms with Crippen molar-refractivity contribution in [3.63, 3.8) is 0 Å². The molecular weight excluding hydrogens is 623 g/mol. The summed E-state index contributed by atoms with van der Waals surface area (Å²) in [7, 11) is 0. The Morgan fingerprint density at radius 1 is 1.00 bits per heavy atom. The fourth-order valence-electron chi connectivity index (χ4n) is 6.20. The normalized spacial score (nSPS) is 19.3. The van der Waals surface area contributed by atoms with Crippen LogP contribution in [-0.2, 0) is 22.5 Å². The number of hydrogen-bond acceptors (Lipinski definition) is 6. The number of amides is 2. The van der Waals surface area contributed by atoms with Gasteiger partial charge in [-0.25, -0.2) is 9.48 Å². The molecule has 5 rings (SSSR count). The Morgan fingerprint density at radius 3 is 2.39 bits per heavy atom. The van der Waals surface area contributed by atoms with Crippen LogP contribution in [0, 0.1) is 0 Å². The van der Waals surface area contributed by atoms with Gasteiger partial charge in [0.25, 0.3) is 0 Å². The summed E-state index contributed by atoms with van der Waals surface area (Å²) in [5.74, 6) is 0.155. The highest BCUT2D eigenvalue weighted by Gasteiger charge is 2.34. The quantitative estimate of drug-likeness (QED) is 0.269. The van der Waals surface area contributed by atoms with E-state index >= 15 is 0 Å². The van der Waals surface area contributed by atoms with E-state index in [0.29, 0.717) is 55.6 Å². The van der Waals surface area contributed by atoms with E-state index in [1.807, 2.05) is 62.2 Å². The van der Waals surface area contributed by atoms with Gasteiger partial charge in [-0.2, -0.15) is 0 Å². The molecule has 9 nitrogen and oxygen atoms in total. The predicted octanol–water partition coefficient (Wildman–Crippen LogP) is 7.04. The molecule has 0 aliphatic carbocycles. The number of aryl methyl sites for hydroxylation is 1. The number of piperazine rings is 1. The molecule has 0 spiro atoms. The van der Waals surface area contributed by atoms with Gasteiger partial charge < -0.3 is 14.5 Å². The van der Waals surface area contributed by atoms with Gasteiger partial charge in [-0.05, 0) is 89.3 Å². The molecule has 1 aromatic heterocycles. The average Bonchev–Trinajstić information content (AvgIpc) is 3.47. The lowest BCUT2D eigenvalue weighted by molar-refractivity contribution is -0.131. The largest absolute Gasteiger partial charge is 0.444 e. The number of hydrogen-bond donors (Lipinski definition) is 0. The SMILES string of the molecule is C[C@@H]1CN(C(=O)OC(C)(C)C)C[C@H](C)N1Cc1cn(-c2ccccc2CCC(=O)N2CCC(=Cc3cc(Cl)ccc3Cl)CC2)nn1. The van der Waals surface area contributed by atoms with E-state index in [-0.39, 0.29) is 24.1 Å². The van der Waals surface area contributed by atoms with Crippen LogP contribution in [0.4, 0.5) is 4.79 Å². The Morgan fingerprint density at radius 2 is 1.70 bits per heavy atom. The molecule has 0 N–H and O–H groups in total. The van der Waals surface area contributed by atoms with Gasteiger partial charge in [-0.15, -0.1) is 5.10 Å². The van der Waals surface area contributed by atoms with Crippen molar-refractivity contribution in [1.29, 1.82) is 0 Å². The van der Waals surface area contributed by atoms with E-state index in [1.54, 1.807) is 15.6 Å². The van der Waals surface area contributed by atoms with Crippen molar-refractivity contribution in [2.24, 2.45) is 0 Å². The first-order valence-electron chi connectivity index (χ1n) is 16.0. The maximum atomic E-state index is 13.2. The predicted molar refractivity (Wildman–Crippen MR) is 182 cm³/mol. The van der Waals surface area contributed by atoms with Crippen LogP contribution in [0.5, 0.6) is 0 Å². The number of carbonyl (C=O) groups is 2. The van der Waals surface area contributed by atoms with Gasteiger partial charge >= 0.3 is 6.09 Å². The lowest BCUT2D eigenvalue weighted by atomic mass is 10.00. The highest BCUT2D eigenvalue weighted by Crippen LogP contribution is 2.27. The van der Waals surface area contributed by atoms with Crippen molar-refractivity contribution in [3.8, 4) is 5.69 Å². The van der Waals surface area contributed by atoms with Gasteiger partial charge in [0, 0.05) is 61.3 Å². The van der Waals surface area contributed by atoms with Crippen LogP contribution in [0.15, 0.2) is 54.2 Å². The van der Waals surface area contributed by atoms with Crippen molar-refractivity contribution < 1.29 is 14.3 Å². The lowest BCUT2D eigenvalue weighted by Crippen LogP contribution is -2.58. The average molecular weight is 668 g/mol. The smallest absolute Gasteiger partial charge is 0.410 e. The van der Waals surface area contributed by atoms with Gasteiger partial charge in [0.15, 0.2) is 0 Å². The maximum absolute atomic E-state index is 13.2. The van der Waals surface area contributed by atoms with Gasteiger partial charge in [0.2, 0.25) is 5.91 Å². The molecule has 11 heteroatoms. The number of piperidine rings is 1. The number of carbonyl (C=O) groups excluding carboxylic acids is 2. The molecule has 0 saturated carbocycles. The van der Waals surface area contributed by atoms with Crippen molar-refractivity contribution in [2.75, 3.05) is 26.2 Å². The molecule has 3 aromatic rings. The summed E-state index contributed by atoms with van der Waals surface area (Å²) in [5.41, 5.74) is 4.49. The number of para-hydroxylation sites is 1. The third-order valence-electron chi connectivity index (χ3n) is 8.56. The van der Waals surface area contributed by atoms with E-state index in [9.17, 15) is 9.59 Å². The number of benzene rings is 2. The van der Waals surface area contributed by atoms with Gasteiger partial charge in [0.1, 0.15) is 5.60 Å². The minimum Gasteiger partial charge on any atom is -0.444 e. The molecule has 2 aliphatic rings. The fraction of sp³-hybridized carbons (Fsp3) is 0.486. The molecule has 0 bridgehead atoms. The third kappa shape index (κ3) is 8.69. The maximum Gasteiger partial charge on any atom is 0.410 e. The molecule has 2 fully saturated rings. The summed E-state index contributed by atoms with van der Waals surface area (Å²) < 4.78 is 7.41. The van der Waals surface area contributed by atoms with Crippen LogP contribution < -0.4 is 0 Å². The molecule has 246 valence electrons. The molecular formula is C35H44Cl2N6O3. The molecule has 0 unspecified atom stereocenters. The highest BCUT2D eigenvalue weighted by atomic mass is 35.5. The van der Waals surface area contributed by atoms with E-state index in [0.717, 1.165) is 35.3 Å². The summed E-state index contributed by atoms with van der Waals surface area (Å²) >= 11 is 12.5. The van der Waals surface area contributed by atoms with Crippen LogP contribution in [0.1, 0.15) is 70.7 Å². The second-order valence-electron chi connectivity index (χ2n) is 13.4. The fourth-order valence-corrected chi connectivity index (χ4v) is 6.55. The topological polar surface area (TPSA) is 83.8 Å². The monoisotopic (exact) mass is 666 g/mol. The Hall–Kier alpha value is -3.40. The van der Waals surface area contributed by atoms with Crippen molar-refractivity contribution in [1.82, 2.24) is 29.7 Å². The zero-order valence-corrected chi connectivity index (χ0v) is 28.9. The zero-order chi connectivity index (χ0) is 33.0. The Bertz CT molecular complexity index is 1560. The molecule has 2 aliphatic heterocycles. The summed E-state index contributed by atoms with van der Waals surface area (Å²) in [4.78, 5) is 32.0. The Balaban J connectivity index is 1.16. The Labute approximate surface area is 282 Å². The minimum atomic E-state index is -0.522. The standard InChI is InChI=1S/C35H44Cl2N6O3/c1-24-20-41(34(45)46-35(3,4)5)21-25(2)42(24)22-30-23-43(39-38-30)32-9-7-6-8-27(32)10-13-33(44)40-16-14-26(15-17-40)18-28-19-29(36)11-12-31(28)37/h6-9,11-12,18-19,23-25H,10,13-17,20-22H2,1-5H3/t24-,25+. The number of ether oxygens (including phenoxy) is 1. The second kappa shape index (κ2) is 14.6. The molecule has 2 atom stereocenters. The first-order valence-corrected chi connectivity index (χ1v) is 16.8. The molecule has 3 heterocycles. The summed E-state index contributed by atoms with van der Waals surface area (Å²) in [6, 6.07) is 13.8. The summed E-state index contributed by atoms with van der Waals surface area (Å²) in [6.07, 6.45) is 6.47. The number of likely N-dealkylation sites (tertiary alicyclic amines) is 1. The number of halogens is 2. The molecule has 2 aromatic carbocycles. The number of aromatic nitrogens is 3. The summed E-state index contributed by atoms with van der Waals surface area (Å²) in [6.45, 7) is 13.1. The Kier molecular flexibility index (Phi) is 10.8. The van der Waals surface area contributed by atoms with Crippen LogP contribution in [0.3, 0.4) is 0 Å². The first-order chi connectivity index (χ1) is 21.9. The van der Waals surface area contributed by atoms with E-state index in [1.165, 1.54) is 5.57 Å².